The Hall–Kier alpha value is -2.15. The normalized spacial score (nSPS) is 10.3. The molecule has 0 bridgehead atoms. The van der Waals surface area contributed by atoms with E-state index in [0.717, 1.165) is 6.54 Å². The zero-order valence-corrected chi connectivity index (χ0v) is 12.1. The highest BCUT2D eigenvalue weighted by Gasteiger charge is 2.07. The maximum atomic E-state index is 14.1. The van der Waals surface area contributed by atoms with Gasteiger partial charge in [0.25, 0.3) is 0 Å². The summed E-state index contributed by atoms with van der Waals surface area (Å²) in [5.41, 5.74) is 7.86. The van der Waals surface area contributed by atoms with E-state index in [-0.39, 0.29) is 12.4 Å². The van der Waals surface area contributed by atoms with Gasteiger partial charge in [0.15, 0.2) is 0 Å². The Morgan fingerprint density at radius 2 is 1.86 bits per heavy atom. The van der Waals surface area contributed by atoms with Gasteiger partial charge in [-0.25, -0.2) is 4.39 Å². The molecule has 0 unspecified atom stereocenters. The van der Waals surface area contributed by atoms with Crippen LogP contribution < -0.4 is 5.73 Å². The van der Waals surface area contributed by atoms with Gasteiger partial charge >= 0.3 is 0 Å². The smallest absolute Gasteiger partial charge is 0.128 e. The van der Waals surface area contributed by atoms with Crippen molar-refractivity contribution in [2.24, 2.45) is 5.73 Å². The Balaban J connectivity index is 2.02. The van der Waals surface area contributed by atoms with Crippen molar-refractivity contribution >= 4 is 0 Å². The molecule has 0 saturated heterocycles. The summed E-state index contributed by atoms with van der Waals surface area (Å²) in [6, 6.07) is 15.2. The van der Waals surface area contributed by atoms with Gasteiger partial charge in [0.1, 0.15) is 5.82 Å². The molecule has 0 atom stereocenters. The van der Waals surface area contributed by atoms with Crippen LogP contribution in [0.25, 0.3) is 0 Å². The van der Waals surface area contributed by atoms with Crippen molar-refractivity contribution in [3.8, 4) is 11.8 Å². The molecule has 0 heterocycles. The standard InChI is InChI=1S/C18H19FN2/c1-21(13-16-6-3-2-4-7-16)14-17-10-9-15(8-5-11-20)12-18(17)19/h2-4,6-7,9-10,12H,11,13-14,20H2,1H3. The second-order valence-electron chi connectivity index (χ2n) is 4.97. The van der Waals surface area contributed by atoms with Crippen molar-refractivity contribution in [1.82, 2.24) is 4.90 Å². The second kappa shape index (κ2) is 7.58. The van der Waals surface area contributed by atoms with Crippen LogP contribution in [0.4, 0.5) is 4.39 Å². The summed E-state index contributed by atoms with van der Waals surface area (Å²) < 4.78 is 14.1. The summed E-state index contributed by atoms with van der Waals surface area (Å²) in [6.45, 7) is 1.63. The van der Waals surface area contributed by atoms with E-state index in [0.29, 0.717) is 17.7 Å². The fourth-order valence-electron chi connectivity index (χ4n) is 2.15. The van der Waals surface area contributed by atoms with Crippen LogP contribution in [0.1, 0.15) is 16.7 Å². The number of halogens is 1. The van der Waals surface area contributed by atoms with Crippen molar-refractivity contribution in [2.45, 2.75) is 13.1 Å². The number of benzene rings is 2. The molecule has 0 aliphatic heterocycles. The highest BCUT2D eigenvalue weighted by Crippen LogP contribution is 2.13. The van der Waals surface area contributed by atoms with Crippen LogP contribution in [0.2, 0.25) is 0 Å². The Kier molecular flexibility index (Phi) is 5.51. The topological polar surface area (TPSA) is 29.3 Å². The summed E-state index contributed by atoms with van der Waals surface area (Å²) >= 11 is 0. The molecular formula is C18H19FN2. The van der Waals surface area contributed by atoms with Crippen LogP contribution in [0.15, 0.2) is 48.5 Å². The lowest BCUT2D eigenvalue weighted by Crippen LogP contribution is -2.18. The third kappa shape index (κ3) is 4.71. The second-order valence-corrected chi connectivity index (χ2v) is 4.97. The van der Waals surface area contributed by atoms with Gasteiger partial charge in [-0.15, -0.1) is 0 Å². The van der Waals surface area contributed by atoms with Gasteiger partial charge in [0.2, 0.25) is 0 Å². The van der Waals surface area contributed by atoms with Crippen LogP contribution >= 0.6 is 0 Å². The van der Waals surface area contributed by atoms with E-state index >= 15 is 0 Å². The molecule has 3 heteroatoms. The molecule has 2 rings (SSSR count). The van der Waals surface area contributed by atoms with Gasteiger partial charge in [-0.1, -0.05) is 48.2 Å². The average Bonchev–Trinajstić information content (AvgIpc) is 2.48. The molecule has 108 valence electrons. The highest BCUT2D eigenvalue weighted by atomic mass is 19.1. The molecular weight excluding hydrogens is 263 g/mol. The van der Waals surface area contributed by atoms with E-state index in [1.165, 1.54) is 11.6 Å². The van der Waals surface area contributed by atoms with Crippen molar-refractivity contribution < 1.29 is 4.39 Å². The van der Waals surface area contributed by atoms with Crippen molar-refractivity contribution in [1.29, 1.82) is 0 Å². The fraction of sp³-hybridized carbons (Fsp3) is 0.222. The van der Waals surface area contributed by atoms with Gasteiger partial charge < -0.3 is 5.73 Å². The van der Waals surface area contributed by atoms with E-state index in [4.69, 9.17) is 5.73 Å². The predicted octanol–water partition coefficient (Wildman–Crippen LogP) is 2.77. The summed E-state index contributed by atoms with van der Waals surface area (Å²) in [4.78, 5) is 2.08. The molecule has 2 aromatic rings. The quantitative estimate of drug-likeness (QED) is 0.874. The minimum atomic E-state index is -0.223. The maximum Gasteiger partial charge on any atom is 0.128 e. The minimum Gasteiger partial charge on any atom is -0.320 e. The van der Waals surface area contributed by atoms with E-state index in [1.54, 1.807) is 6.07 Å². The van der Waals surface area contributed by atoms with Crippen LogP contribution in [-0.4, -0.2) is 18.5 Å². The first-order valence-corrected chi connectivity index (χ1v) is 6.89. The average molecular weight is 282 g/mol. The Morgan fingerprint density at radius 1 is 1.10 bits per heavy atom. The third-order valence-corrected chi connectivity index (χ3v) is 3.12. The molecule has 0 amide bonds. The number of rotatable bonds is 4. The first-order valence-electron chi connectivity index (χ1n) is 6.89. The summed E-state index contributed by atoms with van der Waals surface area (Å²) in [7, 11) is 1.98. The van der Waals surface area contributed by atoms with E-state index in [2.05, 4.69) is 28.9 Å². The SMILES string of the molecule is CN(Cc1ccccc1)Cc1ccc(C#CCN)cc1F. The first kappa shape index (κ1) is 15.2. The lowest BCUT2D eigenvalue weighted by molar-refractivity contribution is 0.313. The molecule has 2 aromatic carbocycles. The number of nitrogens with two attached hydrogens (primary N) is 1. The van der Waals surface area contributed by atoms with Crippen LogP contribution in [0, 0.1) is 17.7 Å². The molecule has 0 aromatic heterocycles. The largest absolute Gasteiger partial charge is 0.320 e. The zero-order valence-electron chi connectivity index (χ0n) is 12.1. The summed E-state index contributed by atoms with van der Waals surface area (Å²) in [6.07, 6.45) is 0. The minimum absolute atomic E-state index is 0.223. The van der Waals surface area contributed by atoms with Crippen molar-refractivity contribution in [3.63, 3.8) is 0 Å². The monoisotopic (exact) mass is 282 g/mol. The van der Waals surface area contributed by atoms with Crippen LogP contribution in [0.3, 0.4) is 0 Å². The van der Waals surface area contributed by atoms with Crippen molar-refractivity contribution in [3.05, 3.63) is 71.0 Å². The Labute approximate surface area is 125 Å². The lowest BCUT2D eigenvalue weighted by atomic mass is 10.1. The molecule has 21 heavy (non-hydrogen) atoms. The number of nitrogens with zero attached hydrogens (tertiary/aromatic N) is 1. The van der Waals surface area contributed by atoms with Gasteiger partial charge in [-0.3, -0.25) is 4.90 Å². The molecule has 0 radical (unpaired) electrons. The Morgan fingerprint density at radius 3 is 2.52 bits per heavy atom. The summed E-state index contributed by atoms with van der Waals surface area (Å²) in [5.74, 6) is 5.34. The third-order valence-electron chi connectivity index (χ3n) is 3.12. The Bertz CT molecular complexity index is 641. The molecule has 0 aliphatic rings. The zero-order chi connectivity index (χ0) is 15.1. The molecule has 2 N–H and O–H groups in total. The van der Waals surface area contributed by atoms with Gasteiger partial charge in [0, 0.05) is 24.2 Å². The van der Waals surface area contributed by atoms with Crippen LogP contribution in [-0.2, 0) is 13.1 Å². The van der Waals surface area contributed by atoms with Crippen LogP contribution in [0.5, 0.6) is 0 Å². The molecule has 0 fully saturated rings. The predicted molar refractivity (Wildman–Crippen MR) is 83.9 cm³/mol. The molecule has 0 aliphatic carbocycles. The fourth-order valence-corrected chi connectivity index (χ4v) is 2.15. The van der Waals surface area contributed by atoms with Gasteiger partial charge in [-0.05, 0) is 24.7 Å². The molecule has 2 nitrogen and oxygen atoms in total. The first-order chi connectivity index (χ1) is 10.2. The van der Waals surface area contributed by atoms with Crippen molar-refractivity contribution in [2.75, 3.05) is 13.6 Å². The van der Waals surface area contributed by atoms with Gasteiger partial charge in [-0.2, -0.15) is 0 Å². The van der Waals surface area contributed by atoms with Gasteiger partial charge in [0.05, 0.1) is 6.54 Å². The molecule has 0 saturated carbocycles. The maximum absolute atomic E-state index is 14.1. The number of hydrogen-bond donors (Lipinski definition) is 1. The highest BCUT2D eigenvalue weighted by molar-refractivity contribution is 5.37. The van der Waals surface area contributed by atoms with E-state index in [1.807, 2.05) is 31.3 Å². The van der Waals surface area contributed by atoms with E-state index < -0.39 is 0 Å². The summed E-state index contributed by atoms with van der Waals surface area (Å²) in [5, 5.41) is 0. The van der Waals surface area contributed by atoms with E-state index in [9.17, 15) is 4.39 Å². The molecule has 0 spiro atoms. The lowest BCUT2D eigenvalue weighted by Gasteiger charge is -2.17. The number of hydrogen-bond acceptors (Lipinski definition) is 2.